The van der Waals surface area contributed by atoms with Crippen molar-refractivity contribution in [2.45, 2.75) is 57.0 Å². The molecule has 1 aliphatic rings. The maximum Gasteiger partial charge on any atom is 0.416 e. The highest BCUT2D eigenvalue weighted by Crippen LogP contribution is 2.45. The largest absolute Gasteiger partial charge is 0.481 e. The lowest BCUT2D eigenvalue weighted by atomic mass is 9.83. The molecule has 1 amide bonds. The number of carbonyl (C=O) groups is 1. The number of amides is 1. The quantitative estimate of drug-likeness (QED) is 0.225. The van der Waals surface area contributed by atoms with Gasteiger partial charge in [0.2, 0.25) is 5.88 Å². The predicted octanol–water partition coefficient (Wildman–Crippen LogP) is 6.68. The fourth-order valence-corrected chi connectivity index (χ4v) is 5.25. The Balaban J connectivity index is 1.83. The van der Waals surface area contributed by atoms with Gasteiger partial charge in [0.15, 0.2) is 0 Å². The molecule has 1 aromatic carbocycles. The molecule has 3 aromatic rings. The third kappa shape index (κ3) is 6.40. The summed E-state index contributed by atoms with van der Waals surface area (Å²) in [6, 6.07) is 4.59. The maximum atomic E-state index is 13.4. The molecule has 2 aromatic heterocycles. The molecule has 0 unspecified atom stereocenters. The zero-order valence-corrected chi connectivity index (χ0v) is 24.8. The number of hydrogen-bond acceptors (Lipinski definition) is 7. The van der Waals surface area contributed by atoms with E-state index >= 15 is 0 Å². The maximum absolute atomic E-state index is 13.4. The SMILES string of the molecule is CCOC(=O)N1c2ccc(OC)nc2[C@@H](c2ncc(I)c(Cc3cc(C(F)(F)F)cc(C(F)(F)F)c3)n2)C[C@@]1(N)CC. The summed E-state index contributed by atoms with van der Waals surface area (Å²) in [5.41, 5.74) is 3.35. The molecule has 42 heavy (non-hydrogen) atoms. The number of alkyl halides is 6. The number of benzene rings is 1. The second-order valence-electron chi connectivity index (χ2n) is 9.62. The summed E-state index contributed by atoms with van der Waals surface area (Å²) in [7, 11) is 1.42. The highest BCUT2D eigenvalue weighted by Gasteiger charge is 2.47. The minimum atomic E-state index is -4.98. The van der Waals surface area contributed by atoms with E-state index in [4.69, 9.17) is 15.2 Å². The first-order valence-electron chi connectivity index (χ1n) is 12.7. The van der Waals surface area contributed by atoms with Crippen molar-refractivity contribution in [3.63, 3.8) is 0 Å². The van der Waals surface area contributed by atoms with E-state index in [1.54, 1.807) is 26.0 Å². The van der Waals surface area contributed by atoms with Crippen molar-refractivity contribution < 1.29 is 40.6 Å². The molecule has 0 saturated carbocycles. The standard InChI is InChI=1S/C27H26F6IN5O3/c1-4-25(35)12-17(22-20(6-7-21(38-22)41-3)39(25)24(40)42-5-2)23-36-13-18(34)19(37-23)10-14-8-15(26(28,29)30)11-16(9-14)27(31,32)33/h6-9,11,13,17H,4-5,10,12,35H2,1-3H3/t17-,25+/m0/s1. The Kier molecular flexibility index (Phi) is 8.92. The van der Waals surface area contributed by atoms with Gasteiger partial charge in [0.05, 0.1) is 51.4 Å². The minimum absolute atomic E-state index is 0.0821. The Morgan fingerprint density at radius 3 is 2.29 bits per heavy atom. The highest BCUT2D eigenvalue weighted by atomic mass is 127. The van der Waals surface area contributed by atoms with Crippen molar-refractivity contribution in [1.29, 1.82) is 0 Å². The van der Waals surface area contributed by atoms with E-state index in [-0.39, 0.29) is 48.5 Å². The van der Waals surface area contributed by atoms with Gasteiger partial charge in [-0.1, -0.05) is 6.92 Å². The van der Waals surface area contributed by atoms with Gasteiger partial charge < -0.3 is 15.2 Å². The van der Waals surface area contributed by atoms with Crippen LogP contribution in [0.3, 0.4) is 0 Å². The van der Waals surface area contributed by atoms with Crippen molar-refractivity contribution >= 4 is 34.4 Å². The lowest BCUT2D eigenvalue weighted by molar-refractivity contribution is -0.143. The molecular weight excluding hydrogens is 683 g/mol. The number of rotatable bonds is 6. The van der Waals surface area contributed by atoms with Crippen LogP contribution in [0.2, 0.25) is 0 Å². The van der Waals surface area contributed by atoms with Crippen LogP contribution >= 0.6 is 22.6 Å². The van der Waals surface area contributed by atoms with E-state index in [0.29, 0.717) is 33.5 Å². The first-order valence-corrected chi connectivity index (χ1v) is 13.8. The Morgan fingerprint density at radius 1 is 1.10 bits per heavy atom. The Morgan fingerprint density at radius 2 is 1.74 bits per heavy atom. The molecule has 15 heteroatoms. The summed E-state index contributed by atoms with van der Waals surface area (Å²) in [6.07, 6.45) is -9.15. The monoisotopic (exact) mass is 709 g/mol. The second-order valence-corrected chi connectivity index (χ2v) is 10.8. The number of fused-ring (bicyclic) bond motifs is 1. The van der Waals surface area contributed by atoms with E-state index in [9.17, 15) is 31.1 Å². The molecular formula is C27H26F6IN5O3. The molecule has 4 rings (SSSR count). The van der Waals surface area contributed by atoms with E-state index < -0.39 is 41.2 Å². The van der Waals surface area contributed by atoms with Crippen molar-refractivity contribution in [1.82, 2.24) is 15.0 Å². The minimum Gasteiger partial charge on any atom is -0.481 e. The van der Waals surface area contributed by atoms with Crippen LogP contribution in [-0.2, 0) is 23.5 Å². The van der Waals surface area contributed by atoms with Gasteiger partial charge >= 0.3 is 18.4 Å². The molecule has 8 nitrogen and oxygen atoms in total. The topological polar surface area (TPSA) is 103 Å². The molecule has 0 aliphatic carbocycles. The molecule has 1 aliphatic heterocycles. The Bertz CT molecular complexity index is 1450. The van der Waals surface area contributed by atoms with Crippen LogP contribution in [0.4, 0.5) is 36.8 Å². The third-order valence-corrected chi connectivity index (χ3v) is 7.79. The second kappa shape index (κ2) is 11.8. The van der Waals surface area contributed by atoms with Crippen LogP contribution in [0.1, 0.15) is 66.5 Å². The molecule has 226 valence electrons. The molecule has 0 radical (unpaired) electrons. The average molecular weight is 709 g/mol. The molecule has 3 heterocycles. The third-order valence-electron chi connectivity index (χ3n) is 6.89. The lowest BCUT2D eigenvalue weighted by Gasteiger charge is -2.46. The molecule has 2 atom stereocenters. The van der Waals surface area contributed by atoms with E-state index in [2.05, 4.69) is 15.0 Å². The van der Waals surface area contributed by atoms with E-state index in [1.807, 2.05) is 22.6 Å². The van der Waals surface area contributed by atoms with Crippen LogP contribution in [0.25, 0.3) is 0 Å². The average Bonchev–Trinajstić information content (AvgIpc) is 2.92. The number of nitrogens with zero attached hydrogens (tertiary/aromatic N) is 4. The molecule has 0 saturated heterocycles. The van der Waals surface area contributed by atoms with Crippen molar-refractivity contribution in [2.24, 2.45) is 5.73 Å². The summed E-state index contributed by atoms with van der Waals surface area (Å²) < 4.78 is 91.6. The van der Waals surface area contributed by atoms with Crippen molar-refractivity contribution in [3.8, 4) is 5.88 Å². The number of aromatic nitrogens is 3. The zero-order valence-electron chi connectivity index (χ0n) is 22.6. The van der Waals surface area contributed by atoms with E-state index in [1.165, 1.54) is 18.2 Å². The van der Waals surface area contributed by atoms with Gasteiger partial charge in [0.1, 0.15) is 11.5 Å². The summed E-state index contributed by atoms with van der Waals surface area (Å²) >= 11 is 1.87. The fraction of sp³-hybridized carbons (Fsp3) is 0.407. The van der Waals surface area contributed by atoms with Gasteiger partial charge in [-0.3, -0.25) is 4.90 Å². The summed E-state index contributed by atoms with van der Waals surface area (Å²) in [4.78, 5) is 27.9. The van der Waals surface area contributed by atoms with Gasteiger partial charge in [0, 0.05) is 18.7 Å². The summed E-state index contributed by atoms with van der Waals surface area (Å²) in [5.74, 6) is -0.283. The number of carbonyl (C=O) groups excluding carboxylic acids is 1. The number of pyridine rings is 1. The van der Waals surface area contributed by atoms with Gasteiger partial charge in [-0.25, -0.2) is 19.7 Å². The van der Waals surface area contributed by atoms with Gasteiger partial charge in [-0.15, -0.1) is 0 Å². The summed E-state index contributed by atoms with van der Waals surface area (Å²) in [5, 5.41) is 0. The van der Waals surface area contributed by atoms with Crippen LogP contribution in [-0.4, -0.2) is 40.4 Å². The number of ether oxygens (including phenoxy) is 2. The van der Waals surface area contributed by atoms with Gasteiger partial charge in [0.25, 0.3) is 0 Å². The summed E-state index contributed by atoms with van der Waals surface area (Å²) in [6.45, 7) is 3.55. The first kappa shape index (κ1) is 31.7. The van der Waals surface area contributed by atoms with Crippen LogP contribution in [0.5, 0.6) is 5.88 Å². The number of nitrogens with two attached hydrogens (primary N) is 1. The number of halogens is 7. The van der Waals surface area contributed by atoms with Gasteiger partial charge in [-0.05, 0) is 72.2 Å². The molecule has 2 N–H and O–H groups in total. The van der Waals surface area contributed by atoms with Crippen molar-refractivity contribution in [2.75, 3.05) is 18.6 Å². The molecule has 0 spiro atoms. The Hall–Kier alpha value is -3.21. The van der Waals surface area contributed by atoms with E-state index in [0.717, 1.165) is 0 Å². The highest BCUT2D eigenvalue weighted by molar-refractivity contribution is 14.1. The van der Waals surface area contributed by atoms with Crippen LogP contribution < -0.4 is 15.4 Å². The number of methoxy groups -OCH3 is 1. The molecule has 0 bridgehead atoms. The van der Waals surface area contributed by atoms with Gasteiger partial charge in [-0.2, -0.15) is 26.3 Å². The lowest BCUT2D eigenvalue weighted by Crippen LogP contribution is -2.61. The number of anilines is 1. The fourth-order valence-electron chi connectivity index (χ4n) is 4.80. The van der Waals surface area contributed by atoms with Crippen LogP contribution in [0, 0.1) is 3.57 Å². The smallest absolute Gasteiger partial charge is 0.416 e. The first-order chi connectivity index (χ1) is 19.6. The Labute approximate surface area is 250 Å². The van der Waals surface area contributed by atoms with Crippen molar-refractivity contribution in [3.05, 3.63) is 74.0 Å². The number of hydrogen-bond donors (Lipinski definition) is 1. The zero-order chi connectivity index (χ0) is 31.0. The van der Waals surface area contributed by atoms with Crippen LogP contribution in [0.15, 0.2) is 36.5 Å². The molecule has 0 fully saturated rings. The normalized spacial score (nSPS) is 18.9. The predicted molar refractivity (Wildman–Crippen MR) is 148 cm³/mol.